The molecule has 14 heteroatoms. The summed E-state index contributed by atoms with van der Waals surface area (Å²) in [6.07, 6.45) is -11.0. The van der Waals surface area contributed by atoms with Gasteiger partial charge in [-0.3, -0.25) is 0 Å². The number of rotatable bonds is 6. The minimum Gasteiger partial charge on any atom is -0.443 e. The molecular weight excluding hydrogens is 570 g/mol. The van der Waals surface area contributed by atoms with Crippen LogP contribution >= 0.6 is 0 Å². The maximum Gasteiger partial charge on any atom is 0.426 e. The van der Waals surface area contributed by atoms with Gasteiger partial charge in [0.25, 0.3) is 0 Å². The van der Waals surface area contributed by atoms with Gasteiger partial charge in [-0.15, -0.1) is 0 Å². The van der Waals surface area contributed by atoms with Crippen LogP contribution in [0.3, 0.4) is 0 Å². The summed E-state index contributed by atoms with van der Waals surface area (Å²) < 4.78 is 91.1. The lowest BCUT2D eigenvalue weighted by atomic mass is 9.81. The Morgan fingerprint density at radius 1 is 0.976 bits per heavy atom. The Morgan fingerprint density at radius 2 is 1.57 bits per heavy atom. The fourth-order valence-corrected chi connectivity index (χ4v) is 4.47. The van der Waals surface area contributed by atoms with Crippen LogP contribution in [-0.4, -0.2) is 36.9 Å². The van der Waals surface area contributed by atoms with E-state index >= 15 is 0 Å². The van der Waals surface area contributed by atoms with Crippen molar-refractivity contribution in [3.8, 4) is 0 Å². The largest absolute Gasteiger partial charge is 0.443 e. The van der Waals surface area contributed by atoms with E-state index in [1.807, 2.05) is 12.1 Å². The first-order valence-corrected chi connectivity index (χ1v) is 13.1. The minimum atomic E-state index is -4.97. The Morgan fingerprint density at radius 3 is 2.07 bits per heavy atom. The summed E-state index contributed by atoms with van der Waals surface area (Å²) in [4.78, 5) is 24.0. The van der Waals surface area contributed by atoms with Gasteiger partial charge in [0, 0.05) is 12.6 Å². The molecule has 0 radical (unpaired) electrons. The Kier molecular flexibility index (Phi) is 10.0. The van der Waals surface area contributed by atoms with Gasteiger partial charge < -0.3 is 20.1 Å². The van der Waals surface area contributed by atoms with E-state index in [0.717, 1.165) is 5.56 Å². The third kappa shape index (κ3) is 9.24. The predicted octanol–water partition coefficient (Wildman–Crippen LogP) is 6.19. The van der Waals surface area contributed by atoms with Crippen LogP contribution in [0.15, 0.2) is 48.5 Å². The van der Waals surface area contributed by atoms with Crippen LogP contribution in [0.1, 0.15) is 68.9 Å². The average molecular weight is 605 g/mol. The number of piperidine rings is 1. The predicted molar refractivity (Wildman–Crippen MR) is 141 cm³/mol. The molecule has 2 aromatic rings. The lowest BCUT2D eigenvalue weighted by Gasteiger charge is -2.42. The lowest BCUT2D eigenvalue weighted by Crippen LogP contribution is -2.59. The van der Waals surface area contributed by atoms with Gasteiger partial charge in [0.05, 0.1) is 29.4 Å². The molecule has 2 aromatic carbocycles. The quantitative estimate of drug-likeness (QED) is 0.233. The highest BCUT2D eigenvalue weighted by molar-refractivity contribution is 5.77. The number of hydrogen-bond acceptors (Lipinski definition) is 5. The topological polar surface area (TPSA) is 101 Å². The third-order valence-electron chi connectivity index (χ3n) is 6.60. The molecule has 4 N–H and O–H groups in total. The van der Waals surface area contributed by atoms with Crippen molar-refractivity contribution in [2.75, 3.05) is 13.2 Å². The van der Waals surface area contributed by atoms with Crippen LogP contribution < -0.4 is 21.5 Å². The molecule has 0 bridgehead atoms. The van der Waals surface area contributed by atoms with Crippen molar-refractivity contribution in [3.63, 3.8) is 0 Å². The van der Waals surface area contributed by atoms with E-state index in [0.29, 0.717) is 25.0 Å². The smallest absolute Gasteiger partial charge is 0.426 e. The molecule has 3 amide bonds. The summed E-state index contributed by atoms with van der Waals surface area (Å²) in [6, 6.07) is 9.42. The number of nitrogens with one attached hydrogen (secondary N) is 4. The number of carbonyl (C=O) groups excluding carboxylic acids is 2. The second-order valence-corrected chi connectivity index (χ2v) is 11.1. The number of amides is 3. The van der Waals surface area contributed by atoms with Crippen molar-refractivity contribution in [2.45, 2.75) is 76.2 Å². The van der Waals surface area contributed by atoms with Crippen LogP contribution in [-0.2, 0) is 27.4 Å². The zero-order valence-electron chi connectivity index (χ0n) is 23.5. The molecule has 1 saturated heterocycles. The van der Waals surface area contributed by atoms with Crippen LogP contribution in [0.25, 0.3) is 0 Å². The summed E-state index contributed by atoms with van der Waals surface area (Å²) >= 11 is 0. The van der Waals surface area contributed by atoms with Gasteiger partial charge in [-0.25, -0.2) is 20.4 Å². The third-order valence-corrected chi connectivity index (χ3v) is 6.60. The van der Waals surface area contributed by atoms with Gasteiger partial charge in [-0.2, -0.15) is 26.3 Å². The summed E-state index contributed by atoms with van der Waals surface area (Å²) in [5.41, 5.74) is 0.469. The van der Waals surface area contributed by atoms with Crippen LogP contribution in [0.5, 0.6) is 0 Å². The molecule has 1 heterocycles. The molecule has 8 nitrogen and oxygen atoms in total. The second-order valence-electron chi connectivity index (χ2n) is 11.1. The van der Waals surface area contributed by atoms with Gasteiger partial charge in [0.1, 0.15) is 5.60 Å². The van der Waals surface area contributed by atoms with Crippen molar-refractivity contribution >= 4 is 12.1 Å². The molecule has 1 aliphatic rings. The van der Waals surface area contributed by atoms with Crippen LogP contribution in [0.4, 0.5) is 35.9 Å². The van der Waals surface area contributed by atoms with Crippen LogP contribution in [0.2, 0.25) is 0 Å². The molecule has 42 heavy (non-hydrogen) atoms. The van der Waals surface area contributed by atoms with Gasteiger partial charge in [-0.1, -0.05) is 30.3 Å². The van der Waals surface area contributed by atoms with Crippen molar-refractivity contribution in [3.05, 3.63) is 70.8 Å². The number of urea groups is 1. The van der Waals surface area contributed by atoms with Crippen molar-refractivity contribution in [2.24, 2.45) is 0 Å². The maximum atomic E-state index is 13.4. The molecular formula is C28H34F6N4O4. The van der Waals surface area contributed by atoms with Crippen molar-refractivity contribution < 1.29 is 45.4 Å². The molecule has 1 fully saturated rings. The first-order valence-electron chi connectivity index (χ1n) is 13.1. The minimum absolute atomic E-state index is 0.0745. The normalized spacial score (nSPS) is 20.4. The molecule has 1 unspecified atom stereocenters. The SMILES string of the molecule is C[C@@H](OC[C@@]1(c2ccccc2)CCC(NC(=O)NNC(=O)OC(C)(C)C)CN1)c1cc(C(F)(F)F)cc(C(F)(F)F)c1. The summed E-state index contributed by atoms with van der Waals surface area (Å²) in [6.45, 7) is 6.59. The Hall–Kier alpha value is -3.52. The maximum absolute atomic E-state index is 13.4. The van der Waals surface area contributed by atoms with Gasteiger partial charge in [0.2, 0.25) is 0 Å². The van der Waals surface area contributed by atoms with E-state index in [9.17, 15) is 35.9 Å². The zero-order valence-corrected chi connectivity index (χ0v) is 23.5. The number of hydrazine groups is 1. The van der Waals surface area contributed by atoms with E-state index < -0.39 is 52.8 Å². The highest BCUT2D eigenvalue weighted by Gasteiger charge is 2.40. The zero-order chi connectivity index (χ0) is 31.3. The molecule has 0 aromatic heterocycles. The molecule has 3 atom stereocenters. The molecule has 1 aliphatic heterocycles. The van der Waals surface area contributed by atoms with E-state index in [-0.39, 0.29) is 30.8 Å². The summed E-state index contributed by atoms with van der Waals surface area (Å²) in [7, 11) is 0. The number of carbonyl (C=O) groups is 2. The number of halogens is 6. The average Bonchev–Trinajstić information content (AvgIpc) is 2.90. The molecule has 3 rings (SSSR count). The van der Waals surface area contributed by atoms with Crippen molar-refractivity contribution in [1.29, 1.82) is 0 Å². The van der Waals surface area contributed by atoms with E-state index in [2.05, 4.69) is 21.5 Å². The van der Waals surface area contributed by atoms with Gasteiger partial charge in [-0.05, 0) is 69.9 Å². The number of hydrogen-bond donors (Lipinski definition) is 4. The Labute approximate surface area is 239 Å². The number of benzene rings is 2. The van der Waals surface area contributed by atoms with Gasteiger partial charge in [0.15, 0.2) is 0 Å². The molecule has 0 spiro atoms. The van der Waals surface area contributed by atoms with E-state index in [1.54, 1.807) is 39.0 Å². The fraction of sp³-hybridized carbons (Fsp3) is 0.500. The summed E-state index contributed by atoms with van der Waals surface area (Å²) in [5.74, 6) is 0. The highest BCUT2D eigenvalue weighted by atomic mass is 19.4. The van der Waals surface area contributed by atoms with Crippen LogP contribution in [0, 0.1) is 0 Å². The number of alkyl halides is 6. The number of ether oxygens (including phenoxy) is 2. The lowest BCUT2D eigenvalue weighted by molar-refractivity contribution is -0.143. The van der Waals surface area contributed by atoms with Gasteiger partial charge >= 0.3 is 24.5 Å². The standard InChI is InChI=1S/C28H34F6N4O4/c1-17(18-12-20(27(29,30)31)14-21(13-18)28(32,33)34)41-16-26(19-8-6-5-7-9-19)11-10-22(15-35-26)36-23(39)37-38-24(40)42-25(2,3)4/h5-9,12-14,17,22,35H,10-11,15-16H2,1-4H3,(H,38,40)(H2,36,37,39)/t17-,22?,26-/m1/s1. The Balaban J connectivity index is 1.69. The monoisotopic (exact) mass is 604 g/mol. The fourth-order valence-electron chi connectivity index (χ4n) is 4.47. The Bertz CT molecular complexity index is 1190. The molecule has 0 aliphatic carbocycles. The van der Waals surface area contributed by atoms with Crippen molar-refractivity contribution in [1.82, 2.24) is 21.5 Å². The highest BCUT2D eigenvalue weighted by Crippen LogP contribution is 2.39. The first-order chi connectivity index (χ1) is 19.4. The molecule has 0 saturated carbocycles. The second kappa shape index (κ2) is 12.8. The van der Waals surface area contributed by atoms with E-state index in [1.165, 1.54) is 6.92 Å². The molecule has 232 valence electrons. The summed E-state index contributed by atoms with van der Waals surface area (Å²) in [5, 5.41) is 6.06. The first kappa shape index (κ1) is 33.0. The van der Waals surface area contributed by atoms with E-state index in [4.69, 9.17) is 9.47 Å².